The number of carbonyl (C=O) groups excluding carboxylic acids is 1. The molecule has 1 aromatic rings. The molecule has 14 heavy (non-hydrogen) atoms. The fraction of sp³-hybridized carbons (Fsp3) is 0.300. The molecule has 1 fully saturated rings. The predicted octanol–water partition coefficient (Wildman–Crippen LogP) is 4.09. The lowest BCUT2D eigenvalue weighted by molar-refractivity contribution is -0.125. The highest BCUT2D eigenvalue weighted by atomic mass is 35.5. The van der Waals surface area contributed by atoms with Crippen molar-refractivity contribution < 1.29 is 4.79 Å². The van der Waals surface area contributed by atoms with Gasteiger partial charge in [-0.3, -0.25) is 4.79 Å². The zero-order valence-corrected chi connectivity index (χ0v) is 9.46. The van der Waals surface area contributed by atoms with Crippen LogP contribution in [0.3, 0.4) is 0 Å². The number of carbonyl (C=O) groups is 1. The molecule has 1 unspecified atom stereocenters. The van der Waals surface area contributed by atoms with Gasteiger partial charge in [-0.15, -0.1) is 0 Å². The molecule has 2 rings (SSSR count). The SMILES string of the molecule is O=C1CCC1c1cc(Cl)cc(Cl)c1Cl. The molecule has 1 saturated carbocycles. The van der Waals surface area contributed by atoms with E-state index in [2.05, 4.69) is 0 Å². The summed E-state index contributed by atoms with van der Waals surface area (Å²) in [6, 6.07) is 3.30. The van der Waals surface area contributed by atoms with Crippen molar-refractivity contribution in [3.8, 4) is 0 Å². The van der Waals surface area contributed by atoms with Gasteiger partial charge in [0.15, 0.2) is 0 Å². The zero-order chi connectivity index (χ0) is 10.3. The molecule has 1 aliphatic rings. The average molecular weight is 250 g/mol. The molecule has 0 aromatic heterocycles. The smallest absolute Gasteiger partial charge is 0.140 e. The first kappa shape index (κ1) is 10.3. The van der Waals surface area contributed by atoms with E-state index in [4.69, 9.17) is 34.8 Å². The number of ketones is 1. The van der Waals surface area contributed by atoms with E-state index >= 15 is 0 Å². The summed E-state index contributed by atoms with van der Waals surface area (Å²) in [5.41, 5.74) is 0.764. The summed E-state index contributed by atoms with van der Waals surface area (Å²) in [5, 5.41) is 1.39. The van der Waals surface area contributed by atoms with Crippen LogP contribution in [0.4, 0.5) is 0 Å². The predicted molar refractivity (Wildman–Crippen MR) is 58.5 cm³/mol. The van der Waals surface area contributed by atoms with Crippen molar-refractivity contribution in [2.45, 2.75) is 18.8 Å². The van der Waals surface area contributed by atoms with Crippen molar-refractivity contribution in [1.29, 1.82) is 0 Å². The van der Waals surface area contributed by atoms with Gasteiger partial charge >= 0.3 is 0 Å². The molecule has 1 nitrogen and oxygen atoms in total. The average Bonchev–Trinajstić information content (AvgIpc) is 2.11. The van der Waals surface area contributed by atoms with Gasteiger partial charge in [0.2, 0.25) is 0 Å². The minimum atomic E-state index is -0.0984. The van der Waals surface area contributed by atoms with E-state index in [-0.39, 0.29) is 11.7 Å². The molecule has 1 atom stereocenters. The van der Waals surface area contributed by atoms with Gasteiger partial charge in [0, 0.05) is 17.4 Å². The Hall–Kier alpha value is -0.240. The molecule has 0 N–H and O–H groups in total. The van der Waals surface area contributed by atoms with E-state index in [0.29, 0.717) is 21.5 Å². The molecule has 0 spiro atoms. The number of Topliss-reactive ketones (excluding diaryl/α,β-unsaturated/α-hetero) is 1. The van der Waals surface area contributed by atoms with Crippen molar-refractivity contribution >= 4 is 40.6 Å². The van der Waals surface area contributed by atoms with Crippen LogP contribution in [0, 0.1) is 0 Å². The summed E-state index contributed by atoms with van der Waals surface area (Å²) in [6.45, 7) is 0. The van der Waals surface area contributed by atoms with Crippen LogP contribution in [0.2, 0.25) is 15.1 Å². The highest BCUT2D eigenvalue weighted by molar-refractivity contribution is 6.43. The maximum atomic E-state index is 11.3. The Kier molecular flexibility index (Phi) is 2.74. The highest BCUT2D eigenvalue weighted by Gasteiger charge is 2.31. The monoisotopic (exact) mass is 248 g/mol. The molecule has 1 aliphatic carbocycles. The quantitative estimate of drug-likeness (QED) is 0.685. The fourth-order valence-corrected chi connectivity index (χ4v) is 2.31. The first-order chi connectivity index (χ1) is 6.59. The number of hydrogen-bond donors (Lipinski definition) is 0. The van der Waals surface area contributed by atoms with E-state index in [1.54, 1.807) is 12.1 Å². The third kappa shape index (κ3) is 1.65. The molecule has 0 heterocycles. The largest absolute Gasteiger partial charge is 0.299 e. The first-order valence-corrected chi connectivity index (χ1v) is 5.40. The van der Waals surface area contributed by atoms with Crippen LogP contribution in [-0.4, -0.2) is 5.78 Å². The summed E-state index contributed by atoms with van der Waals surface area (Å²) in [6.07, 6.45) is 1.47. The number of benzene rings is 1. The Morgan fingerprint density at radius 2 is 1.93 bits per heavy atom. The zero-order valence-electron chi connectivity index (χ0n) is 7.19. The number of hydrogen-bond acceptors (Lipinski definition) is 1. The molecule has 0 radical (unpaired) electrons. The third-order valence-electron chi connectivity index (χ3n) is 2.46. The Morgan fingerprint density at radius 3 is 2.43 bits per heavy atom. The van der Waals surface area contributed by atoms with Gasteiger partial charge in [-0.05, 0) is 24.1 Å². The van der Waals surface area contributed by atoms with Crippen LogP contribution < -0.4 is 0 Å². The Bertz CT molecular complexity index is 401. The van der Waals surface area contributed by atoms with E-state index in [1.807, 2.05) is 0 Å². The summed E-state index contributed by atoms with van der Waals surface area (Å²) in [7, 11) is 0. The van der Waals surface area contributed by atoms with Crippen LogP contribution in [-0.2, 0) is 4.79 Å². The molecule has 4 heteroatoms. The van der Waals surface area contributed by atoms with E-state index in [9.17, 15) is 4.79 Å². The number of rotatable bonds is 1. The highest BCUT2D eigenvalue weighted by Crippen LogP contribution is 2.41. The maximum Gasteiger partial charge on any atom is 0.140 e. The topological polar surface area (TPSA) is 17.1 Å². The lowest BCUT2D eigenvalue weighted by atomic mass is 9.79. The van der Waals surface area contributed by atoms with E-state index < -0.39 is 0 Å². The number of halogens is 3. The van der Waals surface area contributed by atoms with Gasteiger partial charge < -0.3 is 0 Å². The van der Waals surface area contributed by atoms with Gasteiger partial charge in [-0.1, -0.05) is 34.8 Å². The van der Waals surface area contributed by atoms with Crippen LogP contribution >= 0.6 is 34.8 Å². The van der Waals surface area contributed by atoms with Crippen molar-refractivity contribution in [1.82, 2.24) is 0 Å². The van der Waals surface area contributed by atoms with Crippen molar-refractivity contribution in [3.05, 3.63) is 32.8 Å². The van der Waals surface area contributed by atoms with Crippen molar-refractivity contribution in [2.75, 3.05) is 0 Å². The van der Waals surface area contributed by atoms with E-state index in [1.165, 1.54) is 0 Å². The van der Waals surface area contributed by atoms with Crippen molar-refractivity contribution in [2.24, 2.45) is 0 Å². The van der Waals surface area contributed by atoms with Crippen LogP contribution in [0.5, 0.6) is 0 Å². The molecule has 1 aromatic carbocycles. The molecular formula is C10H7Cl3O. The normalized spacial score (nSPS) is 20.8. The van der Waals surface area contributed by atoms with Gasteiger partial charge in [0.1, 0.15) is 5.78 Å². The van der Waals surface area contributed by atoms with Gasteiger partial charge in [-0.25, -0.2) is 0 Å². The Morgan fingerprint density at radius 1 is 1.21 bits per heavy atom. The summed E-state index contributed by atoms with van der Waals surface area (Å²) in [5.74, 6) is 0.115. The molecule has 0 saturated heterocycles. The lowest BCUT2D eigenvalue weighted by Crippen LogP contribution is -2.23. The third-order valence-corrected chi connectivity index (χ3v) is 3.50. The summed E-state index contributed by atoms with van der Waals surface area (Å²) < 4.78 is 0. The Labute approximate surface area is 97.0 Å². The second-order valence-corrected chi connectivity index (χ2v) is 4.57. The second kappa shape index (κ2) is 3.73. The van der Waals surface area contributed by atoms with Crippen LogP contribution in [0.25, 0.3) is 0 Å². The lowest BCUT2D eigenvalue weighted by Gasteiger charge is -2.25. The summed E-state index contributed by atoms with van der Waals surface area (Å²) in [4.78, 5) is 11.3. The minimum Gasteiger partial charge on any atom is -0.299 e. The second-order valence-electron chi connectivity index (χ2n) is 3.35. The van der Waals surface area contributed by atoms with Crippen LogP contribution in [0.15, 0.2) is 12.1 Å². The Balaban J connectivity index is 2.46. The molecular weight excluding hydrogens is 242 g/mol. The first-order valence-electron chi connectivity index (χ1n) is 4.26. The summed E-state index contributed by atoms with van der Waals surface area (Å²) >= 11 is 17.7. The van der Waals surface area contributed by atoms with Gasteiger partial charge in [0.05, 0.1) is 10.0 Å². The molecule has 0 bridgehead atoms. The van der Waals surface area contributed by atoms with Crippen molar-refractivity contribution in [3.63, 3.8) is 0 Å². The molecule has 0 aliphatic heterocycles. The van der Waals surface area contributed by atoms with E-state index in [0.717, 1.165) is 12.0 Å². The standard InChI is InChI=1S/C10H7Cl3O/c11-5-3-7(6-1-2-9(6)14)10(13)8(12)4-5/h3-4,6H,1-2H2. The minimum absolute atomic E-state index is 0.0984. The molecule has 74 valence electrons. The van der Waals surface area contributed by atoms with Gasteiger partial charge in [-0.2, -0.15) is 0 Å². The van der Waals surface area contributed by atoms with Crippen LogP contribution in [0.1, 0.15) is 24.3 Å². The van der Waals surface area contributed by atoms with Gasteiger partial charge in [0.25, 0.3) is 0 Å². The fourth-order valence-electron chi connectivity index (χ4n) is 1.56. The maximum absolute atomic E-state index is 11.3. The molecule has 0 amide bonds.